The number of ether oxygens (including phenoxy) is 2. The Balaban J connectivity index is 1.87. The van der Waals surface area contributed by atoms with Gasteiger partial charge < -0.3 is 19.9 Å². The van der Waals surface area contributed by atoms with Crippen molar-refractivity contribution in [3.63, 3.8) is 0 Å². The van der Waals surface area contributed by atoms with Gasteiger partial charge in [-0.3, -0.25) is 10.1 Å². The van der Waals surface area contributed by atoms with Crippen molar-refractivity contribution in [2.24, 2.45) is 0 Å². The Bertz CT molecular complexity index is 840. The lowest BCUT2D eigenvalue weighted by Gasteiger charge is -2.09. The summed E-state index contributed by atoms with van der Waals surface area (Å²) in [6.45, 7) is -0.778. The van der Waals surface area contributed by atoms with E-state index in [2.05, 4.69) is 5.32 Å². The molecule has 2 aromatic rings. The molecule has 0 saturated heterocycles. The highest BCUT2D eigenvalue weighted by molar-refractivity contribution is 6.02. The predicted octanol–water partition coefficient (Wildman–Crippen LogP) is 2.05. The molecule has 2 aromatic carbocycles. The van der Waals surface area contributed by atoms with E-state index in [0.29, 0.717) is 0 Å². The van der Waals surface area contributed by atoms with E-state index >= 15 is 0 Å². The van der Waals surface area contributed by atoms with Gasteiger partial charge in [0.2, 0.25) is 0 Å². The number of methoxy groups -OCH3 is 1. The van der Waals surface area contributed by atoms with Crippen LogP contribution in [0.3, 0.4) is 0 Å². The maximum atomic E-state index is 13.4. The molecular formula is C17H15FN2O6. The molecule has 2 rings (SSSR count). The molecule has 0 radical (unpaired) electrons. The minimum absolute atomic E-state index is 0.0631. The van der Waals surface area contributed by atoms with Crippen molar-refractivity contribution in [1.82, 2.24) is 5.32 Å². The Morgan fingerprint density at radius 2 is 1.85 bits per heavy atom. The molecule has 8 nitrogen and oxygen atoms in total. The van der Waals surface area contributed by atoms with Gasteiger partial charge in [0.1, 0.15) is 11.4 Å². The highest BCUT2D eigenvalue weighted by Gasteiger charge is 2.18. The van der Waals surface area contributed by atoms with Gasteiger partial charge in [-0.2, -0.15) is 0 Å². The molecule has 0 saturated carbocycles. The van der Waals surface area contributed by atoms with Gasteiger partial charge in [-0.25, -0.2) is 14.0 Å². The fourth-order valence-corrected chi connectivity index (χ4v) is 1.94. The Labute approximate surface area is 147 Å². The van der Waals surface area contributed by atoms with E-state index in [0.717, 1.165) is 6.07 Å². The van der Waals surface area contributed by atoms with Crippen molar-refractivity contribution in [3.8, 4) is 11.5 Å². The molecule has 0 heterocycles. The smallest absolute Gasteiger partial charge is 0.342 e. The van der Waals surface area contributed by atoms with Gasteiger partial charge in [0, 0.05) is 0 Å². The summed E-state index contributed by atoms with van der Waals surface area (Å²) >= 11 is 0. The highest BCUT2D eigenvalue weighted by Crippen LogP contribution is 2.29. The molecule has 0 atom stereocenters. The van der Waals surface area contributed by atoms with Crippen LogP contribution < -0.4 is 15.4 Å². The number of urea groups is 1. The molecule has 0 aromatic heterocycles. The van der Waals surface area contributed by atoms with Crippen LogP contribution >= 0.6 is 0 Å². The average molecular weight is 362 g/mol. The Morgan fingerprint density at radius 3 is 2.54 bits per heavy atom. The van der Waals surface area contributed by atoms with E-state index in [1.54, 1.807) is 0 Å². The first-order valence-electron chi connectivity index (χ1n) is 7.31. The number of carbonyl (C=O) groups is 3. The lowest BCUT2D eigenvalue weighted by Crippen LogP contribution is -2.37. The number of amides is 3. The van der Waals surface area contributed by atoms with Crippen LogP contribution in [0.15, 0.2) is 42.5 Å². The second kappa shape index (κ2) is 8.47. The van der Waals surface area contributed by atoms with Crippen LogP contribution in [0, 0.1) is 5.82 Å². The van der Waals surface area contributed by atoms with E-state index < -0.39 is 36.1 Å². The number of phenolic OH excluding ortho intramolecular Hbond substituents is 1. The molecule has 9 heteroatoms. The van der Waals surface area contributed by atoms with E-state index in [4.69, 9.17) is 9.47 Å². The molecule has 0 fully saturated rings. The minimum atomic E-state index is -0.986. The molecule has 0 unspecified atom stereocenters. The quantitative estimate of drug-likeness (QED) is 0.702. The number of aromatic hydroxyl groups is 1. The minimum Gasteiger partial charge on any atom is -0.504 e. The second-order valence-corrected chi connectivity index (χ2v) is 4.91. The van der Waals surface area contributed by atoms with E-state index in [1.165, 1.54) is 43.5 Å². The van der Waals surface area contributed by atoms with Crippen molar-refractivity contribution in [1.29, 1.82) is 0 Å². The lowest BCUT2D eigenvalue weighted by atomic mass is 10.2. The molecule has 3 N–H and O–H groups in total. The van der Waals surface area contributed by atoms with Crippen molar-refractivity contribution < 1.29 is 33.4 Å². The number of hydrogen-bond donors (Lipinski definition) is 3. The number of anilines is 1. The summed E-state index contributed by atoms with van der Waals surface area (Å²) in [6.07, 6.45) is 0. The van der Waals surface area contributed by atoms with Crippen molar-refractivity contribution >= 4 is 23.6 Å². The normalized spacial score (nSPS) is 9.92. The highest BCUT2D eigenvalue weighted by atomic mass is 19.1. The van der Waals surface area contributed by atoms with Gasteiger partial charge in [0.25, 0.3) is 5.91 Å². The topological polar surface area (TPSA) is 114 Å². The van der Waals surface area contributed by atoms with Gasteiger partial charge in [-0.15, -0.1) is 0 Å². The third kappa shape index (κ3) is 4.69. The SMILES string of the molecule is COc1cccc(C(=O)OCC(=O)NC(=O)Nc2ccccc2F)c1O. The van der Waals surface area contributed by atoms with Gasteiger partial charge in [0.05, 0.1) is 12.8 Å². The van der Waals surface area contributed by atoms with E-state index in [1.807, 2.05) is 5.32 Å². The summed E-state index contributed by atoms with van der Waals surface area (Å²) in [5.41, 5.74) is -0.316. The van der Waals surface area contributed by atoms with E-state index in [9.17, 15) is 23.9 Å². The monoisotopic (exact) mass is 362 g/mol. The first kappa shape index (κ1) is 18.7. The molecule has 0 bridgehead atoms. The van der Waals surface area contributed by atoms with Crippen molar-refractivity contribution in [2.75, 3.05) is 19.0 Å². The summed E-state index contributed by atoms with van der Waals surface area (Å²) in [6, 6.07) is 8.58. The maximum Gasteiger partial charge on any atom is 0.342 e. The zero-order chi connectivity index (χ0) is 19.1. The molecular weight excluding hydrogens is 347 g/mol. The average Bonchev–Trinajstić information content (AvgIpc) is 2.62. The largest absolute Gasteiger partial charge is 0.504 e. The third-order valence-corrected chi connectivity index (χ3v) is 3.15. The first-order valence-corrected chi connectivity index (χ1v) is 7.31. The molecule has 3 amide bonds. The Morgan fingerprint density at radius 1 is 1.12 bits per heavy atom. The predicted molar refractivity (Wildman–Crippen MR) is 88.5 cm³/mol. The van der Waals surface area contributed by atoms with Crippen molar-refractivity contribution in [2.45, 2.75) is 0 Å². The van der Waals surface area contributed by atoms with Gasteiger partial charge in [0.15, 0.2) is 18.1 Å². The number of para-hydroxylation sites is 2. The van der Waals surface area contributed by atoms with Crippen LogP contribution in [0.25, 0.3) is 0 Å². The number of imide groups is 1. The maximum absolute atomic E-state index is 13.4. The fraction of sp³-hybridized carbons (Fsp3) is 0.118. The Hall–Kier alpha value is -3.62. The summed E-state index contributed by atoms with van der Waals surface area (Å²) in [4.78, 5) is 35.2. The summed E-state index contributed by atoms with van der Waals surface area (Å²) in [7, 11) is 1.31. The molecule has 0 spiro atoms. The standard InChI is InChI=1S/C17H15FN2O6/c1-25-13-8-4-5-10(15(13)22)16(23)26-9-14(21)20-17(24)19-12-7-3-2-6-11(12)18/h2-8,22H,9H2,1H3,(H2,19,20,21,24). The fourth-order valence-electron chi connectivity index (χ4n) is 1.94. The third-order valence-electron chi connectivity index (χ3n) is 3.15. The number of halogens is 1. The molecule has 26 heavy (non-hydrogen) atoms. The van der Waals surface area contributed by atoms with Crippen molar-refractivity contribution in [3.05, 3.63) is 53.8 Å². The number of carbonyl (C=O) groups excluding carboxylic acids is 3. The lowest BCUT2D eigenvalue weighted by molar-refractivity contribution is -0.123. The molecule has 136 valence electrons. The summed E-state index contributed by atoms with van der Waals surface area (Å²) in [5.74, 6) is -2.96. The number of benzene rings is 2. The zero-order valence-electron chi connectivity index (χ0n) is 13.6. The van der Waals surface area contributed by atoms with Gasteiger partial charge in [-0.05, 0) is 24.3 Å². The summed E-state index contributed by atoms with van der Waals surface area (Å²) < 4.78 is 23.0. The number of phenols is 1. The molecule has 0 aliphatic heterocycles. The number of hydrogen-bond acceptors (Lipinski definition) is 6. The Kier molecular flexibility index (Phi) is 6.10. The first-order chi connectivity index (χ1) is 12.4. The number of esters is 1. The molecule has 0 aliphatic rings. The zero-order valence-corrected chi connectivity index (χ0v) is 13.6. The van der Waals surface area contributed by atoms with Gasteiger partial charge in [-0.1, -0.05) is 18.2 Å². The van der Waals surface area contributed by atoms with E-state index in [-0.39, 0.29) is 17.0 Å². The van der Waals surface area contributed by atoms with Crippen LogP contribution in [0.2, 0.25) is 0 Å². The van der Waals surface area contributed by atoms with Crippen LogP contribution in [-0.4, -0.2) is 36.7 Å². The molecule has 0 aliphatic carbocycles. The van der Waals surface area contributed by atoms with Crippen LogP contribution in [0.5, 0.6) is 11.5 Å². The number of nitrogens with one attached hydrogen (secondary N) is 2. The number of rotatable bonds is 5. The summed E-state index contributed by atoms with van der Waals surface area (Å²) in [5, 5.41) is 13.9. The van der Waals surface area contributed by atoms with Crippen LogP contribution in [-0.2, 0) is 9.53 Å². The van der Waals surface area contributed by atoms with Gasteiger partial charge >= 0.3 is 12.0 Å². The van der Waals surface area contributed by atoms with Crippen LogP contribution in [0.1, 0.15) is 10.4 Å². The van der Waals surface area contributed by atoms with Crippen LogP contribution in [0.4, 0.5) is 14.9 Å². The second-order valence-electron chi connectivity index (χ2n) is 4.91.